The first-order valence-corrected chi connectivity index (χ1v) is 13.4. The van der Waals surface area contributed by atoms with E-state index in [1.54, 1.807) is 19.3 Å². The van der Waals surface area contributed by atoms with Crippen LogP contribution in [0.15, 0.2) is 61.2 Å². The number of nitrogens with zero attached hydrogens (tertiary/aromatic N) is 6. The lowest BCUT2D eigenvalue weighted by Gasteiger charge is -2.33. The van der Waals surface area contributed by atoms with Gasteiger partial charge in [-0.05, 0) is 48.9 Å². The first-order valence-electron chi connectivity index (χ1n) is 13.4. The lowest BCUT2D eigenvalue weighted by molar-refractivity contribution is -0.116. The summed E-state index contributed by atoms with van der Waals surface area (Å²) in [6.45, 7) is 7.03. The molecule has 1 fully saturated rings. The van der Waals surface area contributed by atoms with Gasteiger partial charge in [0.2, 0.25) is 5.91 Å². The summed E-state index contributed by atoms with van der Waals surface area (Å²) >= 11 is 0. The fraction of sp³-hybridized carbons (Fsp3) is 0.448. The van der Waals surface area contributed by atoms with Gasteiger partial charge in [0, 0.05) is 76.0 Å². The van der Waals surface area contributed by atoms with E-state index in [0.717, 1.165) is 50.0 Å². The predicted molar refractivity (Wildman–Crippen MR) is 143 cm³/mol. The lowest BCUT2D eigenvalue weighted by Crippen LogP contribution is -2.45. The summed E-state index contributed by atoms with van der Waals surface area (Å²) in [6.07, 6.45) is 11.2. The van der Waals surface area contributed by atoms with Crippen molar-refractivity contribution in [3.05, 3.63) is 77.9 Å². The minimum absolute atomic E-state index is 0.0180. The normalized spacial score (nSPS) is 20.4. The van der Waals surface area contributed by atoms with Crippen LogP contribution in [0, 0.1) is 0 Å². The highest BCUT2D eigenvalue weighted by molar-refractivity contribution is 5.94. The topological polar surface area (TPSA) is 74.6 Å². The summed E-state index contributed by atoms with van der Waals surface area (Å²) in [5.41, 5.74) is 3.66. The molecule has 3 aromatic rings. The number of hydrogen-bond acceptors (Lipinski definition) is 5. The second kappa shape index (κ2) is 11.3. The van der Waals surface area contributed by atoms with Crippen LogP contribution in [0.4, 0.5) is 5.69 Å². The minimum atomic E-state index is -0.0180. The first-order chi connectivity index (χ1) is 18.0. The maximum absolute atomic E-state index is 13.9. The quantitative estimate of drug-likeness (QED) is 0.527. The van der Waals surface area contributed by atoms with Gasteiger partial charge >= 0.3 is 0 Å². The zero-order chi connectivity index (χ0) is 25.8. The van der Waals surface area contributed by atoms with Gasteiger partial charge in [0.1, 0.15) is 0 Å². The Morgan fingerprint density at radius 1 is 1.03 bits per heavy atom. The zero-order valence-electron chi connectivity index (χ0n) is 21.8. The van der Waals surface area contributed by atoms with Crippen LogP contribution >= 0.6 is 0 Å². The number of aromatic nitrogens is 3. The molecule has 0 aliphatic carbocycles. The van der Waals surface area contributed by atoms with Crippen LogP contribution in [-0.2, 0) is 24.4 Å². The highest BCUT2D eigenvalue weighted by Gasteiger charge is 2.37. The molecular formula is C29H36N6O2. The molecule has 1 saturated heterocycles. The number of benzene rings is 1. The molecule has 2 aromatic heterocycles. The van der Waals surface area contributed by atoms with Gasteiger partial charge in [-0.2, -0.15) is 5.10 Å². The number of pyridine rings is 1. The Hall–Kier alpha value is -3.52. The van der Waals surface area contributed by atoms with Gasteiger partial charge in [0.15, 0.2) is 0 Å². The van der Waals surface area contributed by atoms with Crippen molar-refractivity contribution >= 4 is 17.5 Å². The van der Waals surface area contributed by atoms with Crippen LogP contribution in [0.3, 0.4) is 0 Å². The third-order valence-electron chi connectivity index (χ3n) is 7.62. The van der Waals surface area contributed by atoms with Gasteiger partial charge in [-0.3, -0.25) is 24.2 Å². The van der Waals surface area contributed by atoms with Gasteiger partial charge < -0.3 is 9.80 Å². The van der Waals surface area contributed by atoms with Gasteiger partial charge in [-0.1, -0.05) is 31.2 Å². The van der Waals surface area contributed by atoms with Crippen LogP contribution < -0.4 is 4.90 Å². The van der Waals surface area contributed by atoms with E-state index in [1.165, 1.54) is 5.56 Å². The molecule has 2 atom stereocenters. The molecule has 0 spiro atoms. The molecule has 4 heterocycles. The molecule has 8 nitrogen and oxygen atoms in total. The van der Waals surface area contributed by atoms with Crippen LogP contribution in [0.25, 0.3) is 0 Å². The van der Waals surface area contributed by atoms with Crippen LogP contribution in [-0.4, -0.2) is 61.6 Å². The summed E-state index contributed by atoms with van der Waals surface area (Å²) in [5, 5.41) is 4.41. The number of hydrogen-bond donors (Lipinski definition) is 0. The lowest BCUT2D eigenvalue weighted by atomic mass is 10.1. The van der Waals surface area contributed by atoms with Crippen molar-refractivity contribution < 1.29 is 9.59 Å². The van der Waals surface area contributed by atoms with E-state index in [-0.39, 0.29) is 17.9 Å². The van der Waals surface area contributed by atoms with E-state index in [9.17, 15) is 9.59 Å². The summed E-state index contributed by atoms with van der Waals surface area (Å²) in [6, 6.07) is 12.6. The Kier molecular flexibility index (Phi) is 7.65. The maximum atomic E-state index is 13.9. The van der Waals surface area contributed by atoms with E-state index in [0.29, 0.717) is 31.2 Å². The summed E-state index contributed by atoms with van der Waals surface area (Å²) in [5.74, 6) is 0.00864. The molecule has 2 amide bonds. The number of anilines is 1. The molecule has 5 rings (SSSR count). The van der Waals surface area contributed by atoms with Crippen molar-refractivity contribution in [2.45, 2.75) is 71.2 Å². The second-order valence-electron chi connectivity index (χ2n) is 10.2. The molecule has 2 aliphatic rings. The largest absolute Gasteiger partial charge is 0.333 e. The monoisotopic (exact) mass is 500 g/mol. The van der Waals surface area contributed by atoms with E-state index in [4.69, 9.17) is 0 Å². The minimum Gasteiger partial charge on any atom is -0.333 e. The van der Waals surface area contributed by atoms with E-state index in [2.05, 4.69) is 28.0 Å². The Labute approximate surface area is 218 Å². The van der Waals surface area contributed by atoms with Gasteiger partial charge in [-0.25, -0.2) is 0 Å². The number of rotatable bonds is 5. The fourth-order valence-corrected chi connectivity index (χ4v) is 5.80. The Balaban J connectivity index is 1.52. The van der Waals surface area contributed by atoms with Gasteiger partial charge in [-0.15, -0.1) is 0 Å². The van der Waals surface area contributed by atoms with Crippen LogP contribution in [0.2, 0.25) is 0 Å². The molecule has 2 aliphatic heterocycles. The number of amides is 2. The molecule has 2 unspecified atom stereocenters. The van der Waals surface area contributed by atoms with Crippen LogP contribution in [0.5, 0.6) is 0 Å². The van der Waals surface area contributed by atoms with Gasteiger partial charge in [0.25, 0.3) is 5.91 Å². The molecule has 194 valence electrons. The Morgan fingerprint density at radius 3 is 2.65 bits per heavy atom. The third kappa shape index (κ3) is 5.59. The molecular weight excluding hydrogens is 464 g/mol. The zero-order valence-corrected chi connectivity index (χ0v) is 21.8. The SMILES string of the molecule is CCCn1cc(C(=O)N2Cc3ccccc3N(C(C)=O)CCC3CCC(C2)N3Cc2cccnc2)cn1. The molecule has 1 aromatic carbocycles. The summed E-state index contributed by atoms with van der Waals surface area (Å²) in [7, 11) is 0. The summed E-state index contributed by atoms with van der Waals surface area (Å²) < 4.78 is 1.84. The first kappa shape index (κ1) is 25.1. The van der Waals surface area contributed by atoms with Crippen molar-refractivity contribution in [1.29, 1.82) is 0 Å². The van der Waals surface area contributed by atoms with E-state index in [1.807, 2.05) is 57.2 Å². The predicted octanol–water partition coefficient (Wildman–Crippen LogP) is 4.12. The Bertz CT molecular complexity index is 1230. The van der Waals surface area contributed by atoms with Crippen molar-refractivity contribution in [2.75, 3.05) is 18.0 Å². The van der Waals surface area contributed by atoms with Crippen molar-refractivity contribution in [1.82, 2.24) is 24.6 Å². The standard InChI is InChI=1S/C29H36N6O2/c1-3-14-33-20-25(17-31-33)29(37)32-19-24-8-4-5-9-28(24)34(22(2)36)15-12-26-10-11-27(21-32)35(26)18-23-7-6-13-30-16-23/h4-9,13,16-17,20,26-27H,3,10-12,14-15,18-19,21H2,1-2H3. The molecule has 37 heavy (non-hydrogen) atoms. The van der Waals surface area contributed by atoms with E-state index >= 15 is 0 Å². The molecule has 8 heteroatoms. The number of para-hydroxylation sites is 1. The molecule has 2 bridgehead atoms. The number of carbonyl (C=O) groups excluding carboxylic acids is 2. The van der Waals surface area contributed by atoms with Gasteiger partial charge in [0.05, 0.1) is 11.8 Å². The Morgan fingerprint density at radius 2 is 1.86 bits per heavy atom. The molecule has 0 radical (unpaired) electrons. The number of aryl methyl sites for hydroxylation is 1. The fourth-order valence-electron chi connectivity index (χ4n) is 5.80. The third-order valence-corrected chi connectivity index (χ3v) is 7.62. The van der Waals surface area contributed by atoms with E-state index < -0.39 is 0 Å². The van der Waals surface area contributed by atoms with Crippen LogP contribution in [0.1, 0.15) is 61.0 Å². The molecule has 0 saturated carbocycles. The van der Waals surface area contributed by atoms with Crippen molar-refractivity contribution in [3.8, 4) is 0 Å². The molecule has 0 N–H and O–H groups in total. The highest BCUT2D eigenvalue weighted by Crippen LogP contribution is 2.33. The second-order valence-corrected chi connectivity index (χ2v) is 10.2. The highest BCUT2D eigenvalue weighted by atomic mass is 16.2. The van der Waals surface area contributed by atoms with Crippen molar-refractivity contribution in [3.63, 3.8) is 0 Å². The van der Waals surface area contributed by atoms with Crippen molar-refractivity contribution in [2.24, 2.45) is 0 Å². The smallest absolute Gasteiger partial charge is 0.257 e. The average Bonchev–Trinajstić information content (AvgIpc) is 3.51. The summed E-state index contributed by atoms with van der Waals surface area (Å²) in [4.78, 5) is 37.4. The number of carbonyl (C=O) groups is 2. The maximum Gasteiger partial charge on any atom is 0.257 e. The average molecular weight is 501 g/mol. The number of fused-ring (bicyclic) bond motifs is 3.